The predicted molar refractivity (Wildman–Crippen MR) is 144 cm³/mol. The van der Waals surface area contributed by atoms with Crippen molar-refractivity contribution in [3.05, 3.63) is 84.2 Å². The number of nitrogens with one attached hydrogen (secondary N) is 2. The maximum absolute atomic E-state index is 14.8. The van der Waals surface area contributed by atoms with E-state index in [1.165, 1.54) is 25.3 Å². The van der Waals surface area contributed by atoms with Gasteiger partial charge in [-0.2, -0.15) is 13.2 Å². The van der Waals surface area contributed by atoms with Crippen LogP contribution in [0.15, 0.2) is 67.3 Å². The van der Waals surface area contributed by atoms with Crippen molar-refractivity contribution in [2.75, 3.05) is 26.2 Å². The lowest BCUT2D eigenvalue weighted by atomic mass is 9.98. The van der Waals surface area contributed by atoms with Gasteiger partial charge in [0.15, 0.2) is 5.65 Å². The lowest BCUT2D eigenvalue weighted by Gasteiger charge is -2.14. The third-order valence-corrected chi connectivity index (χ3v) is 6.72. The highest BCUT2D eigenvalue weighted by atomic mass is 19.4. The van der Waals surface area contributed by atoms with Gasteiger partial charge in [-0.1, -0.05) is 0 Å². The molecule has 4 aromatic rings. The summed E-state index contributed by atoms with van der Waals surface area (Å²) in [6.45, 7) is 3.88. The number of hydrogen-bond acceptors (Lipinski definition) is 6. The summed E-state index contributed by atoms with van der Waals surface area (Å²) < 4.78 is 54.8. The molecule has 0 bridgehead atoms. The van der Waals surface area contributed by atoms with Crippen LogP contribution in [0.4, 0.5) is 17.6 Å². The number of pyridine rings is 3. The molecule has 3 aromatic heterocycles. The number of benzene rings is 1. The van der Waals surface area contributed by atoms with Gasteiger partial charge in [0.25, 0.3) is 0 Å². The summed E-state index contributed by atoms with van der Waals surface area (Å²) in [6, 6.07) is 9.15. The van der Waals surface area contributed by atoms with E-state index in [-0.39, 0.29) is 16.9 Å². The van der Waals surface area contributed by atoms with Crippen LogP contribution in [0.25, 0.3) is 39.0 Å². The van der Waals surface area contributed by atoms with E-state index in [2.05, 4.69) is 25.2 Å². The minimum Gasteiger partial charge on any atom is -0.389 e. The first kappa shape index (κ1) is 26.4. The molecule has 6 nitrogen and oxygen atoms in total. The molecule has 4 heterocycles. The zero-order chi connectivity index (χ0) is 27.4. The SMILES string of the molecule is N=C/C(=C\NCCN1CCCC1)c1cncc(-c2cc(-c3cc(C(F)(F)F)ccc3F)nc3ncccc23)c1. The first-order valence-corrected chi connectivity index (χ1v) is 12.6. The lowest BCUT2D eigenvalue weighted by Crippen LogP contribution is -2.27. The van der Waals surface area contributed by atoms with Crippen molar-refractivity contribution in [2.24, 2.45) is 0 Å². The lowest BCUT2D eigenvalue weighted by molar-refractivity contribution is -0.137. The molecule has 1 aliphatic heterocycles. The maximum Gasteiger partial charge on any atom is 0.416 e. The highest BCUT2D eigenvalue weighted by Crippen LogP contribution is 2.36. The standard InChI is InChI=1S/C29H26F4N6/c30-26-6-5-22(29(31,32)33)13-25(26)27-14-24(23-4-3-7-37-28(23)38-27)20-12-19(16-36-17-20)21(15-34)18-35-8-11-39-9-1-2-10-39/h3-7,12-18,34-35H,1-2,8-11H2/b21-18+,34-15?. The van der Waals surface area contributed by atoms with E-state index in [4.69, 9.17) is 5.41 Å². The Kier molecular flexibility index (Phi) is 7.65. The van der Waals surface area contributed by atoms with Crippen molar-refractivity contribution in [3.63, 3.8) is 0 Å². The summed E-state index contributed by atoms with van der Waals surface area (Å²) in [5.74, 6) is -0.822. The highest BCUT2D eigenvalue weighted by molar-refractivity contribution is 6.08. The molecular formula is C29H26F4N6. The van der Waals surface area contributed by atoms with Crippen molar-refractivity contribution >= 4 is 22.8 Å². The minimum atomic E-state index is -4.63. The first-order valence-electron chi connectivity index (χ1n) is 12.6. The molecule has 5 rings (SSSR count). The first-order chi connectivity index (χ1) is 18.8. The van der Waals surface area contributed by atoms with Gasteiger partial charge in [0.05, 0.1) is 11.3 Å². The molecule has 1 fully saturated rings. The van der Waals surface area contributed by atoms with Crippen molar-refractivity contribution in [1.29, 1.82) is 5.41 Å². The van der Waals surface area contributed by atoms with Crippen LogP contribution in [0.1, 0.15) is 24.0 Å². The largest absolute Gasteiger partial charge is 0.416 e. The minimum absolute atomic E-state index is 0.0246. The molecule has 200 valence electrons. The Bertz CT molecular complexity index is 1530. The zero-order valence-corrected chi connectivity index (χ0v) is 21.0. The molecule has 10 heteroatoms. The molecule has 0 aliphatic carbocycles. The van der Waals surface area contributed by atoms with Crippen LogP contribution in [0, 0.1) is 11.2 Å². The van der Waals surface area contributed by atoms with Gasteiger partial charge in [0.1, 0.15) is 5.82 Å². The number of aromatic nitrogens is 3. The van der Waals surface area contributed by atoms with Crippen LogP contribution in [-0.2, 0) is 6.18 Å². The van der Waals surface area contributed by atoms with E-state index < -0.39 is 17.6 Å². The summed E-state index contributed by atoms with van der Waals surface area (Å²) in [6.07, 6.45) is 5.60. The molecule has 0 atom stereocenters. The Balaban J connectivity index is 1.52. The highest BCUT2D eigenvalue weighted by Gasteiger charge is 2.31. The van der Waals surface area contributed by atoms with E-state index in [0.717, 1.165) is 38.3 Å². The maximum atomic E-state index is 14.8. The van der Waals surface area contributed by atoms with Gasteiger partial charge >= 0.3 is 6.18 Å². The molecule has 0 amide bonds. The second kappa shape index (κ2) is 11.3. The van der Waals surface area contributed by atoms with Crippen LogP contribution < -0.4 is 5.32 Å². The van der Waals surface area contributed by atoms with Gasteiger partial charge in [-0.15, -0.1) is 0 Å². The fraction of sp³-hybridized carbons (Fsp3) is 0.241. The topological polar surface area (TPSA) is 77.8 Å². The Labute approximate surface area is 222 Å². The number of allylic oxidation sites excluding steroid dienone is 1. The third kappa shape index (κ3) is 5.96. The average molecular weight is 535 g/mol. The zero-order valence-electron chi connectivity index (χ0n) is 21.0. The van der Waals surface area contributed by atoms with Gasteiger partial charge in [0, 0.05) is 71.7 Å². The fourth-order valence-corrected chi connectivity index (χ4v) is 4.70. The number of halogens is 4. The molecule has 2 N–H and O–H groups in total. The molecule has 0 spiro atoms. The normalized spacial score (nSPS) is 14.6. The Hall–Kier alpha value is -4.18. The number of fused-ring (bicyclic) bond motifs is 1. The molecule has 0 saturated carbocycles. The van der Waals surface area contributed by atoms with E-state index in [9.17, 15) is 17.6 Å². The van der Waals surface area contributed by atoms with Crippen molar-refractivity contribution < 1.29 is 17.6 Å². The molecule has 39 heavy (non-hydrogen) atoms. The Morgan fingerprint density at radius 1 is 1.05 bits per heavy atom. The van der Waals surface area contributed by atoms with Crippen molar-refractivity contribution in [2.45, 2.75) is 19.0 Å². The van der Waals surface area contributed by atoms with Gasteiger partial charge in [-0.25, -0.2) is 14.4 Å². The smallest absolute Gasteiger partial charge is 0.389 e. The molecular weight excluding hydrogens is 508 g/mol. The fourth-order valence-electron chi connectivity index (χ4n) is 4.70. The second-order valence-corrected chi connectivity index (χ2v) is 9.33. The second-order valence-electron chi connectivity index (χ2n) is 9.33. The summed E-state index contributed by atoms with van der Waals surface area (Å²) >= 11 is 0. The quantitative estimate of drug-likeness (QED) is 0.160. The van der Waals surface area contributed by atoms with E-state index >= 15 is 0 Å². The molecule has 0 unspecified atom stereocenters. The summed E-state index contributed by atoms with van der Waals surface area (Å²) in [5.41, 5.74) is 1.56. The van der Waals surface area contributed by atoms with Crippen LogP contribution in [0.2, 0.25) is 0 Å². The van der Waals surface area contributed by atoms with E-state index in [1.807, 2.05) is 6.07 Å². The summed E-state index contributed by atoms with van der Waals surface area (Å²) in [5, 5.41) is 11.8. The molecule has 1 saturated heterocycles. The number of nitrogens with zero attached hydrogens (tertiary/aromatic N) is 4. The van der Waals surface area contributed by atoms with Gasteiger partial charge in [0.2, 0.25) is 0 Å². The number of hydrogen-bond donors (Lipinski definition) is 2. The van der Waals surface area contributed by atoms with Gasteiger partial charge < -0.3 is 15.6 Å². The van der Waals surface area contributed by atoms with Crippen molar-refractivity contribution in [3.8, 4) is 22.4 Å². The monoisotopic (exact) mass is 534 g/mol. The molecule has 1 aromatic carbocycles. The number of likely N-dealkylation sites (tertiary alicyclic amines) is 1. The van der Waals surface area contributed by atoms with Crippen LogP contribution >= 0.6 is 0 Å². The number of rotatable bonds is 8. The van der Waals surface area contributed by atoms with E-state index in [1.54, 1.807) is 36.8 Å². The van der Waals surface area contributed by atoms with Crippen LogP contribution in [0.5, 0.6) is 0 Å². The van der Waals surface area contributed by atoms with Crippen molar-refractivity contribution in [1.82, 2.24) is 25.2 Å². The van der Waals surface area contributed by atoms with E-state index in [0.29, 0.717) is 33.7 Å². The van der Waals surface area contributed by atoms with Crippen LogP contribution in [0.3, 0.4) is 0 Å². The van der Waals surface area contributed by atoms with Crippen LogP contribution in [-0.4, -0.2) is 52.2 Å². The van der Waals surface area contributed by atoms with Gasteiger partial charge in [-0.3, -0.25) is 4.98 Å². The Morgan fingerprint density at radius 2 is 1.87 bits per heavy atom. The number of alkyl halides is 3. The van der Waals surface area contributed by atoms with Gasteiger partial charge in [-0.05, 0) is 74.0 Å². The molecule has 0 radical (unpaired) electrons. The summed E-state index contributed by atoms with van der Waals surface area (Å²) in [4.78, 5) is 15.4. The Morgan fingerprint density at radius 3 is 2.64 bits per heavy atom. The summed E-state index contributed by atoms with van der Waals surface area (Å²) in [7, 11) is 0. The third-order valence-electron chi connectivity index (χ3n) is 6.72. The average Bonchev–Trinajstić information content (AvgIpc) is 3.46. The predicted octanol–water partition coefficient (Wildman–Crippen LogP) is 6.19. The molecule has 1 aliphatic rings.